The van der Waals surface area contributed by atoms with E-state index in [0.29, 0.717) is 26.1 Å². The summed E-state index contributed by atoms with van der Waals surface area (Å²) in [5.41, 5.74) is 0. The third-order valence-electron chi connectivity index (χ3n) is 2.38. The van der Waals surface area contributed by atoms with Crippen LogP contribution in [0.1, 0.15) is 12.8 Å². The summed E-state index contributed by atoms with van der Waals surface area (Å²) in [7, 11) is 1.54. The standard InChI is InChI=1S/C9H16N2O4/c1-15-6-4-10-9(14)11-5-2-3-7(11)8(12)13/h7H,2-6H2,1H3,(H,10,14)(H,12,13). The van der Waals surface area contributed by atoms with E-state index in [4.69, 9.17) is 9.84 Å². The maximum absolute atomic E-state index is 11.5. The molecule has 1 fully saturated rings. The largest absolute Gasteiger partial charge is 0.480 e. The molecule has 0 spiro atoms. The lowest BCUT2D eigenvalue weighted by Crippen LogP contribution is -2.46. The predicted molar refractivity (Wildman–Crippen MR) is 52.6 cm³/mol. The lowest BCUT2D eigenvalue weighted by atomic mass is 10.2. The van der Waals surface area contributed by atoms with E-state index in [9.17, 15) is 9.59 Å². The number of carbonyl (C=O) groups excluding carboxylic acids is 1. The van der Waals surface area contributed by atoms with Crippen LogP contribution in [0.2, 0.25) is 0 Å². The molecule has 1 aliphatic rings. The fourth-order valence-corrected chi connectivity index (χ4v) is 1.63. The van der Waals surface area contributed by atoms with E-state index >= 15 is 0 Å². The van der Waals surface area contributed by atoms with Crippen molar-refractivity contribution in [3.05, 3.63) is 0 Å². The Hall–Kier alpha value is -1.30. The van der Waals surface area contributed by atoms with Crippen LogP contribution in [0.15, 0.2) is 0 Å². The summed E-state index contributed by atoms with van der Waals surface area (Å²) in [6.07, 6.45) is 1.28. The maximum atomic E-state index is 11.5. The van der Waals surface area contributed by atoms with Crippen LogP contribution in [0.5, 0.6) is 0 Å². The number of aliphatic carboxylic acids is 1. The van der Waals surface area contributed by atoms with Crippen molar-refractivity contribution in [1.82, 2.24) is 10.2 Å². The van der Waals surface area contributed by atoms with Gasteiger partial charge in [0.2, 0.25) is 0 Å². The van der Waals surface area contributed by atoms with Crippen LogP contribution in [0.4, 0.5) is 4.79 Å². The molecule has 2 N–H and O–H groups in total. The number of carboxylic acid groups (broad SMARTS) is 1. The van der Waals surface area contributed by atoms with Gasteiger partial charge in [0.15, 0.2) is 0 Å². The molecule has 1 atom stereocenters. The topological polar surface area (TPSA) is 78.9 Å². The summed E-state index contributed by atoms with van der Waals surface area (Å²) in [5.74, 6) is -0.936. The number of likely N-dealkylation sites (tertiary alicyclic amines) is 1. The predicted octanol–water partition coefficient (Wildman–Crippen LogP) is -0.109. The van der Waals surface area contributed by atoms with Gasteiger partial charge in [-0.1, -0.05) is 0 Å². The first-order valence-corrected chi connectivity index (χ1v) is 4.93. The van der Waals surface area contributed by atoms with Gasteiger partial charge in [0, 0.05) is 20.2 Å². The van der Waals surface area contributed by atoms with Crippen molar-refractivity contribution < 1.29 is 19.4 Å². The molecule has 1 heterocycles. The number of nitrogens with zero attached hydrogens (tertiary/aromatic N) is 1. The van der Waals surface area contributed by atoms with E-state index in [1.165, 1.54) is 4.90 Å². The minimum Gasteiger partial charge on any atom is -0.480 e. The number of hydrogen-bond acceptors (Lipinski definition) is 3. The molecule has 15 heavy (non-hydrogen) atoms. The van der Waals surface area contributed by atoms with Crippen molar-refractivity contribution in [2.75, 3.05) is 26.8 Å². The van der Waals surface area contributed by atoms with Crippen molar-refractivity contribution in [2.24, 2.45) is 0 Å². The number of hydrogen-bond donors (Lipinski definition) is 2. The van der Waals surface area contributed by atoms with Crippen LogP contribution in [-0.4, -0.2) is 54.9 Å². The SMILES string of the molecule is COCCNC(=O)N1CCCC1C(=O)O. The quantitative estimate of drug-likeness (QED) is 0.643. The third-order valence-corrected chi connectivity index (χ3v) is 2.38. The van der Waals surface area contributed by atoms with Crippen LogP contribution in [0.3, 0.4) is 0 Å². The van der Waals surface area contributed by atoms with Crippen LogP contribution in [0, 0.1) is 0 Å². The van der Waals surface area contributed by atoms with Crippen LogP contribution >= 0.6 is 0 Å². The Morgan fingerprint density at radius 3 is 2.93 bits per heavy atom. The van der Waals surface area contributed by atoms with Gasteiger partial charge < -0.3 is 20.1 Å². The Morgan fingerprint density at radius 1 is 1.60 bits per heavy atom. The number of amides is 2. The number of carboxylic acids is 1. The molecule has 0 bridgehead atoms. The number of carbonyl (C=O) groups is 2. The summed E-state index contributed by atoms with van der Waals surface area (Å²) in [6, 6.07) is -0.996. The Labute approximate surface area is 88.2 Å². The lowest BCUT2D eigenvalue weighted by Gasteiger charge is -2.21. The molecular formula is C9H16N2O4. The molecule has 0 aromatic rings. The molecule has 1 unspecified atom stereocenters. The summed E-state index contributed by atoms with van der Waals surface area (Å²) in [5, 5.41) is 11.5. The van der Waals surface area contributed by atoms with Crippen molar-refractivity contribution in [2.45, 2.75) is 18.9 Å². The highest BCUT2D eigenvalue weighted by molar-refractivity contribution is 5.83. The molecule has 0 aromatic carbocycles. The lowest BCUT2D eigenvalue weighted by molar-refractivity contribution is -0.141. The Morgan fingerprint density at radius 2 is 2.33 bits per heavy atom. The maximum Gasteiger partial charge on any atom is 0.326 e. The third kappa shape index (κ3) is 3.09. The average Bonchev–Trinajstić information content (AvgIpc) is 2.66. The van der Waals surface area contributed by atoms with Gasteiger partial charge in [-0.2, -0.15) is 0 Å². The van der Waals surface area contributed by atoms with Gasteiger partial charge in [0.05, 0.1) is 6.61 Å². The zero-order valence-electron chi connectivity index (χ0n) is 8.73. The van der Waals surface area contributed by atoms with E-state index in [2.05, 4.69) is 5.32 Å². The Kier molecular flexibility index (Phi) is 4.36. The Bertz CT molecular complexity index is 244. The van der Waals surface area contributed by atoms with Crippen LogP contribution < -0.4 is 5.32 Å². The number of rotatable bonds is 4. The zero-order chi connectivity index (χ0) is 11.3. The molecule has 1 rings (SSSR count). The minimum absolute atomic E-state index is 0.322. The molecular weight excluding hydrogens is 200 g/mol. The van der Waals surface area contributed by atoms with Gasteiger partial charge in [-0.3, -0.25) is 0 Å². The van der Waals surface area contributed by atoms with E-state index in [0.717, 1.165) is 6.42 Å². The molecule has 0 aliphatic carbocycles. The first kappa shape index (κ1) is 11.8. The highest BCUT2D eigenvalue weighted by Gasteiger charge is 2.33. The average molecular weight is 216 g/mol. The van der Waals surface area contributed by atoms with Crippen molar-refractivity contribution >= 4 is 12.0 Å². The van der Waals surface area contributed by atoms with E-state index in [-0.39, 0.29) is 6.03 Å². The number of ether oxygens (including phenoxy) is 1. The molecule has 6 heteroatoms. The van der Waals surface area contributed by atoms with Gasteiger partial charge in [-0.15, -0.1) is 0 Å². The van der Waals surface area contributed by atoms with Gasteiger partial charge in [-0.05, 0) is 12.8 Å². The number of methoxy groups -OCH3 is 1. The number of urea groups is 1. The fraction of sp³-hybridized carbons (Fsp3) is 0.778. The highest BCUT2D eigenvalue weighted by Crippen LogP contribution is 2.16. The normalized spacial score (nSPS) is 20.3. The molecule has 2 amide bonds. The summed E-state index contributed by atoms with van der Waals surface area (Å²) < 4.78 is 4.78. The van der Waals surface area contributed by atoms with Crippen LogP contribution in [0.25, 0.3) is 0 Å². The van der Waals surface area contributed by atoms with E-state index in [1.54, 1.807) is 7.11 Å². The minimum atomic E-state index is -0.936. The molecule has 0 aromatic heterocycles. The summed E-state index contributed by atoms with van der Waals surface area (Å²) >= 11 is 0. The Balaban J connectivity index is 2.40. The smallest absolute Gasteiger partial charge is 0.326 e. The second-order valence-electron chi connectivity index (χ2n) is 3.41. The van der Waals surface area contributed by atoms with Gasteiger partial charge >= 0.3 is 12.0 Å². The number of nitrogens with one attached hydrogen (secondary N) is 1. The van der Waals surface area contributed by atoms with Crippen molar-refractivity contribution in [3.63, 3.8) is 0 Å². The van der Waals surface area contributed by atoms with E-state index < -0.39 is 12.0 Å². The monoisotopic (exact) mass is 216 g/mol. The molecule has 0 saturated carbocycles. The van der Waals surface area contributed by atoms with Gasteiger partial charge in [-0.25, -0.2) is 9.59 Å². The summed E-state index contributed by atoms with van der Waals surface area (Å²) in [6.45, 7) is 1.34. The first-order valence-electron chi connectivity index (χ1n) is 4.93. The molecule has 6 nitrogen and oxygen atoms in total. The zero-order valence-corrected chi connectivity index (χ0v) is 8.73. The van der Waals surface area contributed by atoms with E-state index in [1.807, 2.05) is 0 Å². The van der Waals surface area contributed by atoms with Crippen molar-refractivity contribution in [1.29, 1.82) is 0 Å². The van der Waals surface area contributed by atoms with Crippen LogP contribution in [-0.2, 0) is 9.53 Å². The molecule has 86 valence electrons. The first-order chi connectivity index (χ1) is 7.16. The van der Waals surface area contributed by atoms with Gasteiger partial charge in [0.25, 0.3) is 0 Å². The molecule has 1 saturated heterocycles. The second kappa shape index (κ2) is 5.55. The molecule has 0 radical (unpaired) electrons. The molecule has 1 aliphatic heterocycles. The van der Waals surface area contributed by atoms with Gasteiger partial charge in [0.1, 0.15) is 6.04 Å². The van der Waals surface area contributed by atoms with Crippen molar-refractivity contribution in [3.8, 4) is 0 Å². The second-order valence-corrected chi connectivity index (χ2v) is 3.41. The summed E-state index contributed by atoms with van der Waals surface area (Å²) in [4.78, 5) is 23.7. The fourth-order valence-electron chi connectivity index (χ4n) is 1.63. The highest BCUT2D eigenvalue weighted by atomic mass is 16.5.